The number of carboxylic acids is 1. The molecule has 30 heavy (non-hydrogen) atoms. The zero-order valence-corrected chi connectivity index (χ0v) is 17.6. The normalized spacial score (nSPS) is 14.7. The number of aromatic carboxylic acids is 1. The molecule has 0 unspecified atom stereocenters. The molecule has 8 nitrogen and oxygen atoms in total. The number of benzene rings is 1. The number of rotatable bonds is 8. The van der Waals surface area contributed by atoms with Gasteiger partial charge < -0.3 is 19.9 Å². The van der Waals surface area contributed by atoms with E-state index in [0.717, 1.165) is 61.5 Å². The molecule has 3 heterocycles. The third-order valence-corrected chi connectivity index (χ3v) is 5.96. The summed E-state index contributed by atoms with van der Waals surface area (Å²) in [6.45, 7) is 7.24. The molecule has 0 bridgehead atoms. The van der Waals surface area contributed by atoms with E-state index in [4.69, 9.17) is 14.6 Å². The number of carbonyl (C=O) groups is 1. The third-order valence-electron chi connectivity index (χ3n) is 4.97. The Morgan fingerprint density at radius 3 is 2.90 bits per heavy atom. The minimum absolute atomic E-state index is 0.278. The number of anilines is 2. The number of nitrogens with zero attached hydrogens (tertiary/aromatic N) is 3. The molecule has 3 aromatic rings. The minimum Gasteiger partial charge on any atom is -0.493 e. The van der Waals surface area contributed by atoms with Gasteiger partial charge in [-0.15, -0.1) is 11.3 Å². The summed E-state index contributed by atoms with van der Waals surface area (Å²) >= 11 is 1.17. The molecule has 4 rings (SSSR count). The summed E-state index contributed by atoms with van der Waals surface area (Å²) in [7, 11) is 0. The van der Waals surface area contributed by atoms with Gasteiger partial charge in [0.1, 0.15) is 22.8 Å². The number of hydrogen-bond acceptors (Lipinski definition) is 8. The van der Waals surface area contributed by atoms with Crippen LogP contribution >= 0.6 is 11.3 Å². The summed E-state index contributed by atoms with van der Waals surface area (Å²) in [5.74, 6) is 0.519. The van der Waals surface area contributed by atoms with Crippen molar-refractivity contribution in [3.63, 3.8) is 0 Å². The third kappa shape index (κ3) is 4.86. The van der Waals surface area contributed by atoms with Crippen molar-refractivity contribution in [3.05, 3.63) is 41.0 Å². The van der Waals surface area contributed by atoms with Gasteiger partial charge in [-0.2, -0.15) is 0 Å². The van der Waals surface area contributed by atoms with E-state index < -0.39 is 5.97 Å². The van der Waals surface area contributed by atoms with Gasteiger partial charge in [0.15, 0.2) is 0 Å². The summed E-state index contributed by atoms with van der Waals surface area (Å²) in [4.78, 5) is 22.5. The lowest BCUT2D eigenvalue weighted by Crippen LogP contribution is -2.37. The van der Waals surface area contributed by atoms with Crippen molar-refractivity contribution in [2.24, 2.45) is 0 Å². The fraction of sp³-hybridized carbons (Fsp3) is 0.381. The van der Waals surface area contributed by atoms with Gasteiger partial charge in [-0.1, -0.05) is 0 Å². The zero-order chi connectivity index (χ0) is 20.9. The topological polar surface area (TPSA) is 96.8 Å². The first-order valence-electron chi connectivity index (χ1n) is 9.88. The van der Waals surface area contributed by atoms with Crippen LogP contribution in [0.1, 0.15) is 21.7 Å². The highest BCUT2D eigenvalue weighted by molar-refractivity contribution is 7.17. The first-order chi connectivity index (χ1) is 14.6. The quantitative estimate of drug-likeness (QED) is 0.526. The van der Waals surface area contributed by atoms with E-state index in [9.17, 15) is 4.79 Å². The van der Waals surface area contributed by atoms with Crippen molar-refractivity contribution in [2.45, 2.75) is 13.3 Å². The second-order valence-corrected chi connectivity index (χ2v) is 8.19. The monoisotopic (exact) mass is 428 g/mol. The molecule has 2 aromatic heterocycles. The van der Waals surface area contributed by atoms with Crippen LogP contribution < -0.4 is 10.1 Å². The van der Waals surface area contributed by atoms with Gasteiger partial charge in [0.2, 0.25) is 0 Å². The smallest absolute Gasteiger partial charge is 0.345 e. The second-order valence-electron chi connectivity index (χ2n) is 7.11. The maximum Gasteiger partial charge on any atom is 0.345 e. The van der Waals surface area contributed by atoms with Crippen LogP contribution in [0.5, 0.6) is 5.75 Å². The summed E-state index contributed by atoms with van der Waals surface area (Å²) in [6.07, 6.45) is 2.45. The van der Waals surface area contributed by atoms with Crippen molar-refractivity contribution in [1.29, 1.82) is 0 Å². The molecule has 0 spiro atoms. The SMILES string of the molecule is Cc1cc2c(Nc3ccc(C(=O)O)s3)ncnc2cc1OCCCN1CCOCC1. The minimum atomic E-state index is -0.938. The van der Waals surface area contributed by atoms with Crippen LogP contribution in [0.25, 0.3) is 10.9 Å². The van der Waals surface area contributed by atoms with Gasteiger partial charge in [0, 0.05) is 31.1 Å². The largest absolute Gasteiger partial charge is 0.493 e. The fourth-order valence-corrected chi connectivity index (χ4v) is 4.12. The Balaban J connectivity index is 1.43. The van der Waals surface area contributed by atoms with E-state index in [1.807, 2.05) is 19.1 Å². The van der Waals surface area contributed by atoms with Crippen molar-refractivity contribution >= 4 is 39.0 Å². The lowest BCUT2D eigenvalue weighted by molar-refractivity contribution is 0.0358. The molecule has 158 valence electrons. The van der Waals surface area contributed by atoms with Gasteiger partial charge in [-0.05, 0) is 37.1 Å². The number of aromatic nitrogens is 2. The Kier molecular flexibility index (Phi) is 6.41. The van der Waals surface area contributed by atoms with Gasteiger partial charge in [-0.25, -0.2) is 14.8 Å². The Morgan fingerprint density at radius 1 is 1.30 bits per heavy atom. The van der Waals surface area contributed by atoms with Crippen molar-refractivity contribution < 1.29 is 19.4 Å². The molecular formula is C21H24N4O4S. The molecule has 0 amide bonds. The number of hydrogen-bond donors (Lipinski definition) is 2. The van der Waals surface area contributed by atoms with Crippen LogP contribution in [-0.2, 0) is 4.74 Å². The predicted octanol–water partition coefficient (Wildman–Crippen LogP) is 3.54. The van der Waals surface area contributed by atoms with Crippen LogP contribution in [0, 0.1) is 6.92 Å². The van der Waals surface area contributed by atoms with E-state index in [0.29, 0.717) is 17.4 Å². The number of ether oxygens (including phenoxy) is 2. The Morgan fingerprint density at radius 2 is 2.13 bits per heavy atom. The van der Waals surface area contributed by atoms with Crippen LogP contribution in [0.4, 0.5) is 10.8 Å². The first-order valence-corrected chi connectivity index (χ1v) is 10.7. The molecule has 1 aromatic carbocycles. The van der Waals surface area contributed by atoms with E-state index in [1.54, 1.807) is 12.1 Å². The highest BCUT2D eigenvalue weighted by Gasteiger charge is 2.13. The lowest BCUT2D eigenvalue weighted by Gasteiger charge is -2.26. The Labute approximate surface area is 178 Å². The van der Waals surface area contributed by atoms with E-state index in [-0.39, 0.29) is 4.88 Å². The number of fused-ring (bicyclic) bond motifs is 1. The van der Waals surface area contributed by atoms with Gasteiger partial charge >= 0.3 is 5.97 Å². The molecule has 0 atom stereocenters. The standard InChI is InChI=1S/C21H24N4O4S/c1-14-11-15-16(12-17(14)29-8-2-5-25-6-9-28-10-7-25)22-13-23-20(15)24-19-4-3-18(30-19)21(26)27/h3-4,11-13H,2,5-10H2,1H3,(H,26,27)(H,22,23,24). The number of morpholine rings is 1. The second kappa shape index (κ2) is 9.38. The molecule has 0 saturated carbocycles. The van der Waals surface area contributed by atoms with Gasteiger partial charge in [0.05, 0.1) is 30.3 Å². The summed E-state index contributed by atoms with van der Waals surface area (Å²) < 4.78 is 11.4. The number of carboxylic acid groups (broad SMARTS) is 1. The fourth-order valence-electron chi connectivity index (χ4n) is 3.38. The first kappa shape index (κ1) is 20.5. The van der Waals surface area contributed by atoms with Crippen LogP contribution in [0.2, 0.25) is 0 Å². The van der Waals surface area contributed by atoms with E-state index in [1.165, 1.54) is 17.7 Å². The lowest BCUT2D eigenvalue weighted by atomic mass is 10.1. The molecule has 9 heteroatoms. The van der Waals surface area contributed by atoms with E-state index in [2.05, 4.69) is 20.2 Å². The van der Waals surface area contributed by atoms with Gasteiger partial charge in [-0.3, -0.25) is 4.90 Å². The molecule has 1 saturated heterocycles. The molecule has 0 radical (unpaired) electrons. The number of nitrogens with one attached hydrogen (secondary N) is 1. The zero-order valence-electron chi connectivity index (χ0n) is 16.8. The van der Waals surface area contributed by atoms with Crippen LogP contribution in [-0.4, -0.2) is 65.4 Å². The van der Waals surface area contributed by atoms with Crippen LogP contribution in [0.15, 0.2) is 30.6 Å². The highest BCUT2D eigenvalue weighted by atomic mass is 32.1. The molecule has 1 fully saturated rings. The van der Waals surface area contributed by atoms with E-state index >= 15 is 0 Å². The molecular weight excluding hydrogens is 404 g/mol. The predicted molar refractivity (Wildman–Crippen MR) is 116 cm³/mol. The maximum atomic E-state index is 11.1. The highest BCUT2D eigenvalue weighted by Crippen LogP contribution is 2.31. The average molecular weight is 429 g/mol. The molecule has 1 aliphatic heterocycles. The molecule has 1 aliphatic rings. The Bertz CT molecular complexity index is 1030. The van der Waals surface area contributed by atoms with Crippen LogP contribution in [0.3, 0.4) is 0 Å². The molecule has 2 N–H and O–H groups in total. The summed E-state index contributed by atoms with van der Waals surface area (Å²) in [5, 5.41) is 13.9. The Hall–Kier alpha value is -2.75. The van der Waals surface area contributed by atoms with Crippen molar-refractivity contribution in [1.82, 2.24) is 14.9 Å². The van der Waals surface area contributed by atoms with Crippen molar-refractivity contribution in [2.75, 3.05) is 44.8 Å². The van der Waals surface area contributed by atoms with Gasteiger partial charge in [0.25, 0.3) is 0 Å². The molecule has 0 aliphatic carbocycles. The number of thiophene rings is 1. The number of aryl methyl sites for hydroxylation is 1. The average Bonchev–Trinajstić information content (AvgIpc) is 3.22. The summed E-state index contributed by atoms with van der Waals surface area (Å²) in [5.41, 5.74) is 1.78. The van der Waals surface area contributed by atoms with Crippen molar-refractivity contribution in [3.8, 4) is 5.75 Å². The summed E-state index contributed by atoms with van der Waals surface area (Å²) in [6, 6.07) is 7.25. The maximum absolute atomic E-state index is 11.1.